The van der Waals surface area contributed by atoms with Gasteiger partial charge in [-0.25, -0.2) is 0 Å². The molecule has 2 rings (SSSR count). The van der Waals surface area contributed by atoms with Crippen molar-refractivity contribution in [1.82, 2.24) is 14.7 Å². The number of hydrogen-bond acceptors (Lipinski definition) is 2. The van der Waals surface area contributed by atoms with Gasteiger partial charge in [0.15, 0.2) is 0 Å². The molecule has 1 aliphatic heterocycles. The molecule has 0 atom stereocenters. The molecule has 0 N–H and O–H groups in total. The Labute approximate surface area is 98.4 Å². The monoisotopic (exact) mass is 221 g/mol. The van der Waals surface area contributed by atoms with Gasteiger partial charge in [-0.15, -0.1) is 0 Å². The zero-order chi connectivity index (χ0) is 11.5. The lowest BCUT2D eigenvalue weighted by molar-refractivity contribution is 0.152. The van der Waals surface area contributed by atoms with E-state index in [9.17, 15) is 0 Å². The normalized spacial score (nSPS) is 19.5. The second-order valence-corrected chi connectivity index (χ2v) is 5.38. The molecule has 1 fully saturated rings. The van der Waals surface area contributed by atoms with Gasteiger partial charge in [0.2, 0.25) is 0 Å². The molecule has 0 aromatic carbocycles. The minimum absolute atomic E-state index is 0.848. The first-order chi connectivity index (χ1) is 7.65. The number of piperidine rings is 1. The molecule has 0 saturated carbocycles. The van der Waals surface area contributed by atoms with Crippen LogP contribution >= 0.6 is 0 Å². The number of hydrogen-bond donors (Lipinski definition) is 0. The SMILES string of the molecule is CC(C)C1CCN(Cc2cnn(C)c2)CC1. The first-order valence-corrected chi connectivity index (χ1v) is 6.35. The van der Waals surface area contributed by atoms with Crippen molar-refractivity contribution in [2.75, 3.05) is 13.1 Å². The van der Waals surface area contributed by atoms with Crippen LogP contribution < -0.4 is 0 Å². The van der Waals surface area contributed by atoms with Gasteiger partial charge in [0.05, 0.1) is 6.20 Å². The molecule has 0 aliphatic carbocycles. The Morgan fingerprint density at radius 3 is 2.56 bits per heavy atom. The molecule has 0 unspecified atom stereocenters. The summed E-state index contributed by atoms with van der Waals surface area (Å²) in [5, 5.41) is 4.22. The lowest BCUT2D eigenvalue weighted by atomic mass is 9.87. The Balaban J connectivity index is 1.81. The van der Waals surface area contributed by atoms with Crippen molar-refractivity contribution in [2.24, 2.45) is 18.9 Å². The summed E-state index contributed by atoms with van der Waals surface area (Å²) in [6.45, 7) is 8.26. The summed E-state index contributed by atoms with van der Waals surface area (Å²) in [5.41, 5.74) is 1.34. The van der Waals surface area contributed by atoms with Crippen LogP contribution in [0.3, 0.4) is 0 Å². The minimum Gasteiger partial charge on any atom is -0.299 e. The second-order valence-electron chi connectivity index (χ2n) is 5.38. The smallest absolute Gasteiger partial charge is 0.0534 e. The van der Waals surface area contributed by atoms with E-state index in [0.29, 0.717) is 0 Å². The minimum atomic E-state index is 0.848. The van der Waals surface area contributed by atoms with Gasteiger partial charge in [-0.3, -0.25) is 9.58 Å². The van der Waals surface area contributed by atoms with Crippen molar-refractivity contribution in [3.05, 3.63) is 18.0 Å². The van der Waals surface area contributed by atoms with Crippen molar-refractivity contribution >= 4 is 0 Å². The van der Waals surface area contributed by atoms with E-state index in [4.69, 9.17) is 0 Å². The second kappa shape index (κ2) is 5.00. The molecule has 0 bridgehead atoms. The van der Waals surface area contributed by atoms with Gasteiger partial charge in [-0.2, -0.15) is 5.10 Å². The molecule has 0 spiro atoms. The van der Waals surface area contributed by atoms with E-state index in [-0.39, 0.29) is 0 Å². The molecule has 3 heteroatoms. The molecule has 90 valence electrons. The van der Waals surface area contributed by atoms with E-state index in [2.05, 4.69) is 30.0 Å². The quantitative estimate of drug-likeness (QED) is 0.781. The topological polar surface area (TPSA) is 21.1 Å². The van der Waals surface area contributed by atoms with Gasteiger partial charge in [0.25, 0.3) is 0 Å². The van der Waals surface area contributed by atoms with E-state index < -0.39 is 0 Å². The van der Waals surface area contributed by atoms with Gasteiger partial charge < -0.3 is 0 Å². The Hall–Kier alpha value is -0.830. The van der Waals surface area contributed by atoms with E-state index in [1.165, 1.54) is 31.5 Å². The van der Waals surface area contributed by atoms with Crippen LogP contribution in [-0.4, -0.2) is 27.8 Å². The molecule has 1 aromatic heterocycles. The lowest BCUT2D eigenvalue weighted by Gasteiger charge is -2.33. The Kier molecular flexibility index (Phi) is 3.64. The number of nitrogens with zero attached hydrogens (tertiary/aromatic N) is 3. The molecule has 3 nitrogen and oxygen atoms in total. The maximum absolute atomic E-state index is 4.22. The van der Waals surface area contributed by atoms with E-state index >= 15 is 0 Å². The molecular weight excluding hydrogens is 198 g/mol. The Bertz CT molecular complexity index is 322. The van der Waals surface area contributed by atoms with Crippen molar-refractivity contribution in [2.45, 2.75) is 33.2 Å². The third-order valence-corrected chi connectivity index (χ3v) is 3.74. The van der Waals surface area contributed by atoms with Crippen LogP contribution in [0.15, 0.2) is 12.4 Å². The summed E-state index contributed by atoms with van der Waals surface area (Å²) < 4.78 is 1.89. The zero-order valence-electron chi connectivity index (χ0n) is 10.7. The predicted octanol–water partition coefficient (Wildman–Crippen LogP) is 2.29. The Morgan fingerprint density at radius 2 is 2.06 bits per heavy atom. The molecule has 1 aromatic rings. The lowest BCUT2D eigenvalue weighted by Crippen LogP contribution is -2.34. The van der Waals surface area contributed by atoms with E-state index in [1.54, 1.807) is 0 Å². The molecule has 16 heavy (non-hydrogen) atoms. The number of aromatic nitrogens is 2. The van der Waals surface area contributed by atoms with Crippen molar-refractivity contribution in [3.63, 3.8) is 0 Å². The van der Waals surface area contributed by atoms with Crippen LogP contribution in [0, 0.1) is 11.8 Å². The third kappa shape index (κ3) is 2.85. The number of likely N-dealkylation sites (tertiary alicyclic amines) is 1. The summed E-state index contributed by atoms with van der Waals surface area (Å²) in [6.07, 6.45) is 6.82. The van der Waals surface area contributed by atoms with Crippen LogP contribution in [0.5, 0.6) is 0 Å². The fourth-order valence-corrected chi connectivity index (χ4v) is 2.59. The van der Waals surface area contributed by atoms with Gasteiger partial charge in [-0.05, 0) is 37.8 Å². The summed E-state index contributed by atoms with van der Waals surface area (Å²) in [6, 6.07) is 0. The fraction of sp³-hybridized carbons (Fsp3) is 0.769. The maximum Gasteiger partial charge on any atom is 0.0534 e. The highest BCUT2D eigenvalue weighted by atomic mass is 15.2. The highest BCUT2D eigenvalue weighted by Gasteiger charge is 2.21. The molecule has 2 heterocycles. The standard InChI is InChI=1S/C13H23N3/c1-11(2)13-4-6-16(7-5-13)10-12-8-14-15(3)9-12/h8-9,11,13H,4-7,10H2,1-3H3. The first kappa shape index (κ1) is 11.6. The predicted molar refractivity (Wildman–Crippen MR) is 66.0 cm³/mol. The summed E-state index contributed by atoms with van der Waals surface area (Å²) in [7, 11) is 1.98. The maximum atomic E-state index is 4.22. The zero-order valence-corrected chi connectivity index (χ0v) is 10.7. The van der Waals surface area contributed by atoms with Crippen LogP contribution in [0.4, 0.5) is 0 Å². The van der Waals surface area contributed by atoms with Gasteiger partial charge in [0, 0.05) is 25.4 Å². The van der Waals surface area contributed by atoms with Crippen molar-refractivity contribution in [1.29, 1.82) is 0 Å². The molecular formula is C13H23N3. The van der Waals surface area contributed by atoms with Gasteiger partial charge >= 0.3 is 0 Å². The van der Waals surface area contributed by atoms with Crippen LogP contribution in [0.25, 0.3) is 0 Å². The number of rotatable bonds is 3. The van der Waals surface area contributed by atoms with Crippen molar-refractivity contribution < 1.29 is 0 Å². The molecule has 1 aliphatic rings. The first-order valence-electron chi connectivity index (χ1n) is 6.35. The molecule has 0 radical (unpaired) electrons. The number of aryl methyl sites for hydroxylation is 1. The van der Waals surface area contributed by atoms with Crippen LogP contribution in [0.2, 0.25) is 0 Å². The van der Waals surface area contributed by atoms with Crippen molar-refractivity contribution in [3.8, 4) is 0 Å². The average molecular weight is 221 g/mol. The summed E-state index contributed by atoms with van der Waals surface area (Å²) >= 11 is 0. The van der Waals surface area contributed by atoms with Gasteiger partial charge in [0.1, 0.15) is 0 Å². The molecule has 0 amide bonds. The van der Waals surface area contributed by atoms with Gasteiger partial charge in [-0.1, -0.05) is 13.8 Å². The van der Waals surface area contributed by atoms with E-state index in [1.807, 2.05) is 17.9 Å². The highest BCUT2D eigenvalue weighted by Crippen LogP contribution is 2.25. The third-order valence-electron chi connectivity index (χ3n) is 3.74. The fourth-order valence-electron chi connectivity index (χ4n) is 2.59. The highest BCUT2D eigenvalue weighted by molar-refractivity contribution is 5.03. The van der Waals surface area contributed by atoms with E-state index in [0.717, 1.165) is 18.4 Å². The van der Waals surface area contributed by atoms with Crippen LogP contribution in [-0.2, 0) is 13.6 Å². The Morgan fingerprint density at radius 1 is 1.38 bits per heavy atom. The summed E-state index contributed by atoms with van der Waals surface area (Å²) in [5.74, 6) is 1.78. The van der Waals surface area contributed by atoms with Crippen LogP contribution in [0.1, 0.15) is 32.3 Å². The average Bonchev–Trinajstić information content (AvgIpc) is 2.65. The molecule has 1 saturated heterocycles. The largest absolute Gasteiger partial charge is 0.299 e. The summed E-state index contributed by atoms with van der Waals surface area (Å²) in [4.78, 5) is 2.55.